The third kappa shape index (κ3) is 3.50. The van der Waals surface area contributed by atoms with E-state index >= 15 is 0 Å². The van der Waals surface area contributed by atoms with Crippen LogP contribution in [-0.4, -0.2) is 18.5 Å². The van der Waals surface area contributed by atoms with E-state index in [0.717, 1.165) is 25.5 Å². The first-order chi connectivity index (χ1) is 8.65. The van der Waals surface area contributed by atoms with Crippen molar-refractivity contribution in [1.29, 1.82) is 0 Å². The maximum atomic E-state index is 13.3. The minimum atomic E-state index is -0.630. The lowest BCUT2D eigenvalue weighted by molar-refractivity contribution is -0.121. The molecule has 0 aliphatic carbocycles. The number of hydrogen-bond donors (Lipinski definition) is 2. The Hall–Kier alpha value is -1.49. The number of benzene rings is 1. The maximum absolute atomic E-state index is 13.3. The summed E-state index contributed by atoms with van der Waals surface area (Å²) in [5, 5.41) is 5.86. The van der Waals surface area contributed by atoms with E-state index in [9.17, 15) is 13.6 Å². The van der Waals surface area contributed by atoms with Gasteiger partial charge in [0.2, 0.25) is 5.91 Å². The molecule has 1 aliphatic heterocycles. The summed E-state index contributed by atoms with van der Waals surface area (Å²) in [4.78, 5) is 11.6. The Balaban J connectivity index is 1.81. The Kier molecular flexibility index (Phi) is 4.25. The number of carbonyl (C=O) groups is 1. The lowest BCUT2D eigenvalue weighted by Crippen LogP contribution is -2.31. The normalized spacial score (nSPS) is 18.9. The van der Waals surface area contributed by atoms with Crippen molar-refractivity contribution in [2.45, 2.75) is 31.8 Å². The molecule has 2 N–H and O–H groups in total. The fourth-order valence-corrected chi connectivity index (χ4v) is 2.09. The average molecular weight is 254 g/mol. The summed E-state index contributed by atoms with van der Waals surface area (Å²) >= 11 is 0. The molecule has 18 heavy (non-hydrogen) atoms. The summed E-state index contributed by atoms with van der Waals surface area (Å²) in [5.41, 5.74) is 0.295. The molecule has 98 valence electrons. The molecule has 1 aromatic rings. The molecule has 1 fully saturated rings. The molecule has 1 aliphatic rings. The predicted octanol–water partition coefficient (Wildman–Crippen LogP) is 1.72. The van der Waals surface area contributed by atoms with Crippen molar-refractivity contribution in [1.82, 2.24) is 10.6 Å². The van der Waals surface area contributed by atoms with Crippen molar-refractivity contribution >= 4 is 5.91 Å². The van der Waals surface area contributed by atoms with Gasteiger partial charge in [0.15, 0.2) is 0 Å². The van der Waals surface area contributed by atoms with Gasteiger partial charge in [-0.3, -0.25) is 4.79 Å². The van der Waals surface area contributed by atoms with Gasteiger partial charge in [-0.2, -0.15) is 0 Å². The third-order valence-corrected chi connectivity index (χ3v) is 3.09. The molecule has 1 saturated heterocycles. The molecule has 2 rings (SSSR count). The van der Waals surface area contributed by atoms with Gasteiger partial charge in [0.25, 0.3) is 0 Å². The molecule has 0 aromatic heterocycles. The standard InChI is InChI=1S/C13H16F2N2O/c14-10-4-3-9(12(15)6-10)8-17-13(18)7-11-2-1-5-16-11/h3-4,6,11,16H,1-2,5,7-8H2,(H,17,18). The summed E-state index contributed by atoms with van der Waals surface area (Å²) in [6.07, 6.45) is 2.49. The SMILES string of the molecule is O=C(CC1CCCN1)NCc1ccc(F)cc1F. The topological polar surface area (TPSA) is 41.1 Å². The molecule has 0 saturated carbocycles. The Bertz CT molecular complexity index is 431. The maximum Gasteiger partial charge on any atom is 0.221 e. The Labute approximate surface area is 105 Å². The summed E-state index contributed by atoms with van der Waals surface area (Å²) in [5.74, 6) is -1.36. The minimum absolute atomic E-state index is 0.0949. The van der Waals surface area contributed by atoms with Crippen LogP contribution in [0.1, 0.15) is 24.8 Å². The van der Waals surface area contributed by atoms with E-state index in [1.54, 1.807) is 0 Å². The number of nitrogens with one attached hydrogen (secondary N) is 2. The van der Waals surface area contributed by atoms with Crippen molar-refractivity contribution < 1.29 is 13.6 Å². The van der Waals surface area contributed by atoms with Gasteiger partial charge in [0.1, 0.15) is 11.6 Å². The second-order valence-corrected chi connectivity index (χ2v) is 4.51. The fraction of sp³-hybridized carbons (Fsp3) is 0.462. The van der Waals surface area contributed by atoms with Gasteiger partial charge in [-0.1, -0.05) is 6.07 Å². The van der Waals surface area contributed by atoms with Crippen molar-refractivity contribution in [3.63, 3.8) is 0 Å². The second kappa shape index (κ2) is 5.91. The zero-order valence-electron chi connectivity index (χ0n) is 10.0. The molecule has 5 heteroatoms. The lowest BCUT2D eigenvalue weighted by atomic mass is 10.1. The first-order valence-electron chi connectivity index (χ1n) is 6.09. The van der Waals surface area contributed by atoms with Gasteiger partial charge in [-0.05, 0) is 25.5 Å². The van der Waals surface area contributed by atoms with Crippen molar-refractivity contribution in [3.8, 4) is 0 Å². The second-order valence-electron chi connectivity index (χ2n) is 4.51. The molecule has 0 radical (unpaired) electrons. The van der Waals surface area contributed by atoms with Crippen LogP contribution in [-0.2, 0) is 11.3 Å². The summed E-state index contributed by atoms with van der Waals surface area (Å²) in [6, 6.07) is 3.57. The van der Waals surface area contributed by atoms with Crippen LogP contribution in [0.15, 0.2) is 18.2 Å². The van der Waals surface area contributed by atoms with Gasteiger partial charge in [0, 0.05) is 30.6 Å². The number of hydrogen-bond acceptors (Lipinski definition) is 2. The van der Waals surface area contributed by atoms with Gasteiger partial charge in [-0.15, -0.1) is 0 Å². The van der Waals surface area contributed by atoms with Crippen LogP contribution >= 0.6 is 0 Å². The van der Waals surface area contributed by atoms with Crippen LogP contribution in [0.5, 0.6) is 0 Å². The molecular formula is C13H16F2N2O. The van der Waals surface area contributed by atoms with Crippen LogP contribution in [0.2, 0.25) is 0 Å². The van der Waals surface area contributed by atoms with Crippen molar-refractivity contribution in [3.05, 3.63) is 35.4 Å². The van der Waals surface area contributed by atoms with Crippen LogP contribution in [0.4, 0.5) is 8.78 Å². The highest BCUT2D eigenvalue weighted by atomic mass is 19.1. The quantitative estimate of drug-likeness (QED) is 0.859. The average Bonchev–Trinajstić information content (AvgIpc) is 2.80. The first kappa shape index (κ1) is 13.0. The summed E-state index contributed by atoms with van der Waals surface area (Å²) in [6.45, 7) is 1.04. The van der Waals surface area contributed by atoms with E-state index < -0.39 is 11.6 Å². The monoisotopic (exact) mass is 254 g/mol. The molecule has 1 atom stereocenters. The zero-order chi connectivity index (χ0) is 13.0. The van der Waals surface area contributed by atoms with E-state index in [1.807, 2.05) is 0 Å². The summed E-state index contributed by atoms with van der Waals surface area (Å²) < 4.78 is 26.0. The van der Waals surface area contributed by atoms with E-state index in [1.165, 1.54) is 12.1 Å². The Morgan fingerprint density at radius 3 is 2.94 bits per heavy atom. The van der Waals surface area contributed by atoms with Gasteiger partial charge < -0.3 is 10.6 Å². The van der Waals surface area contributed by atoms with Gasteiger partial charge in [-0.25, -0.2) is 8.78 Å². The molecule has 1 amide bonds. The van der Waals surface area contributed by atoms with Gasteiger partial charge in [0.05, 0.1) is 0 Å². The van der Waals surface area contributed by atoms with Crippen LogP contribution in [0, 0.1) is 11.6 Å². The van der Waals surface area contributed by atoms with Crippen LogP contribution < -0.4 is 10.6 Å². The van der Waals surface area contributed by atoms with E-state index in [-0.39, 0.29) is 18.5 Å². The van der Waals surface area contributed by atoms with Crippen LogP contribution in [0.3, 0.4) is 0 Å². The number of carbonyl (C=O) groups excluding carboxylic acids is 1. The van der Waals surface area contributed by atoms with Crippen LogP contribution in [0.25, 0.3) is 0 Å². The zero-order valence-corrected chi connectivity index (χ0v) is 10.0. The number of amides is 1. The highest BCUT2D eigenvalue weighted by molar-refractivity contribution is 5.76. The lowest BCUT2D eigenvalue weighted by Gasteiger charge is -2.10. The molecule has 1 aromatic carbocycles. The van der Waals surface area contributed by atoms with Crippen molar-refractivity contribution in [2.75, 3.05) is 6.54 Å². The van der Waals surface area contributed by atoms with E-state index in [4.69, 9.17) is 0 Å². The first-order valence-corrected chi connectivity index (χ1v) is 6.09. The Morgan fingerprint density at radius 2 is 2.28 bits per heavy atom. The fourth-order valence-electron chi connectivity index (χ4n) is 2.09. The molecule has 1 heterocycles. The molecule has 3 nitrogen and oxygen atoms in total. The number of rotatable bonds is 4. The van der Waals surface area contributed by atoms with E-state index in [2.05, 4.69) is 10.6 Å². The third-order valence-electron chi connectivity index (χ3n) is 3.09. The molecule has 1 unspecified atom stereocenters. The molecular weight excluding hydrogens is 238 g/mol. The highest BCUT2D eigenvalue weighted by Crippen LogP contribution is 2.10. The largest absolute Gasteiger partial charge is 0.352 e. The Morgan fingerprint density at radius 1 is 1.44 bits per heavy atom. The summed E-state index contributed by atoms with van der Waals surface area (Å²) in [7, 11) is 0. The van der Waals surface area contributed by atoms with Gasteiger partial charge >= 0.3 is 0 Å². The predicted molar refractivity (Wildman–Crippen MR) is 63.8 cm³/mol. The smallest absolute Gasteiger partial charge is 0.221 e. The van der Waals surface area contributed by atoms with Crippen molar-refractivity contribution in [2.24, 2.45) is 0 Å². The minimum Gasteiger partial charge on any atom is -0.352 e. The number of halogens is 2. The highest BCUT2D eigenvalue weighted by Gasteiger charge is 2.17. The molecule has 0 spiro atoms. The molecule has 0 bridgehead atoms. The van der Waals surface area contributed by atoms with E-state index in [0.29, 0.717) is 12.0 Å².